The molecule has 1 amide bonds. The number of ketones is 1. The molecular weight excluding hydrogens is 246 g/mol. The maximum absolute atomic E-state index is 11.3. The van der Waals surface area contributed by atoms with Crippen LogP contribution in [0.4, 0.5) is 0 Å². The van der Waals surface area contributed by atoms with Crippen molar-refractivity contribution in [3.63, 3.8) is 0 Å². The van der Waals surface area contributed by atoms with Gasteiger partial charge in [-0.1, -0.05) is 6.07 Å². The van der Waals surface area contributed by atoms with Crippen LogP contribution in [0.3, 0.4) is 0 Å². The number of nitrogens with one attached hydrogen (secondary N) is 1. The molecule has 0 aliphatic heterocycles. The van der Waals surface area contributed by atoms with Crippen molar-refractivity contribution in [3.8, 4) is 0 Å². The maximum Gasteiger partial charge on any atom is 0.227 e. The number of amides is 1. The summed E-state index contributed by atoms with van der Waals surface area (Å²) in [5.41, 5.74) is 2.15. The topological polar surface area (TPSA) is 87.0 Å². The fourth-order valence-corrected chi connectivity index (χ4v) is 1.83. The number of fused-ring (bicyclic) bond motifs is 1. The van der Waals surface area contributed by atoms with Crippen LogP contribution < -0.4 is 5.32 Å². The van der Waals surface area contributed by atoms with E-state index in [-0.39, 0.29) is 18.1 Å². The predicted octanol–water partition coefficient (Wildman–Crippen LogP) is 1.02. The lowest BCUT2D eigenvalue weighted by atomic mass is 10.1. The quantitative estimate of drug-likeness (QED) is 0.813. The number of aromatic nitrogens is 2. The lowest BCUT2D eigenvalue weighted by molar-refractivity contribution is -0.127. The van der Waals surface area contributed by atoms with Gasteiger partial charge in [-0.2, -0.15) is 0 Å². The number of hydrogen-bond donors (Lipinski definition) is 1. The van der Waals surface area contributed by atoms with Crippen LogP contribution in [0.1, 0.15) is 18.9 Å². The Morgan fingerprint density at radius 3 is 2.95 bits per heavy atom. The number of nitrogens with zero attached hydrogens (tertiary/aromatic N) is 2. The Labute approximate surface area is 110 Å². The Kier molecular flexibility index (Phi) is 3.79. The first-order valence-electron chi connectivity index (χ1n) is 5.96. The van der Waals surface area contributed by atoms with Crippen LogP contribution in [0, 0.1) is 5.21 Å². The summed E-state index contributed by atoms with van der Waals surface area (Å²) in [5.74, 6) is -0.419. The molecule has 0 fully saturated rings. The van der Waals surface area contributed by atoms with Gasteiger partial charge in [0.1, 0.15) is 5.78 Å². The molecule has 6 nitrogen and oxygen atoms in total. The van der Waals surface area contributed by atoms with Gasteiger partial charge in [0.25, 0.3) is 0 Å². The van der Waals surface area contributed by atoms with E-state index in [1.165, 1.54) is 13.3 Å². The molecule has 1 heterocycles. The highest BCUT2D eigenvalue weighted by atomic mass is 16.5. The highest BCUT2D eigenvalue weighted by Gasteiger charge is 2.04. The molecule has 0 unspecified atom stereocenters. The minimum absolute atomic E-state index is 0.0837. The number of rotatable bonds is 5. The third kappa shape index (κ3) is 3.31. The number of hydrogen-bond acceptors (Lipinski definition) is 4. The van der Waals surface area contributed by atoms with Crippen LogP contribution in [0.15, 0.2) is 24.5 Å². The molecule has 2 rings (SSSR count). The van der Waals surface area contributed by atoms with E-state index in [2.05, 4.69) is 10.3 Å². The number of imidazole rings is 1. The molecule has 0 aliphatic carbocycles. The van der Waals surface area contributed by atoms with E-state index in [1.54, 1.807) is 6.07 Å². The molecule has 2 aromatic rings. The van der Waals surface area contributed by atoms with Gasteiger partial charge in [0.05, 0.1) is 23.8 Å². The Balaban J connectivity index is 1.91. The molecule has 0 bridgehead atoms. The molecule has 6 heteroatoms. The Morgan fingerprint density at radius 2 is 2.21 bits per heavy atom. The van der Waals surface area contributed by atoms with Crippen molar-refractivity contribution in [2.75, 3.05) is 6.54 Å². The largest absolute Gasteiger partial charge is 0.805 e. The molecule has 0 saturated heterocycles. The average Bonchev–Trinajstić information content (AvgIpc) is 2.70. The van der Waals surface area contributed by atoms with Crippen molar-refractivity contribution in [2.24, 2.45) is 0 Å². The van der Waals surface area contributed by atoms with Crippen LogP contribution in [-0.2, 0) is 16.0 Å². The fraction of sp³-hybridized carbons (Fsp3) is 0.308. The van der Waals surface area contributed by atoms with Crippen LogP contribution in [0.2, 0.25) is 0 Å². The highest BCUT2D eigenvalue weighted by Crippen LogP contribution is 2.14. The van der Waals surface area contributed by atoms with Crippen LogP contribution in [0.5, 0.6) is 0 Å². The van der Waals surface area contributed by atoms with Gasteiger partial charge in [-0.3, -0.25) is 9.59 Å². The van der Waals surface area contributed by atoms with E-state index in [0.717, 1.165) is 5.56 Å². The van der Waals surface area contributed by atoms with Crippen molar-refractivity contribution < 1.29 is 9.59 Å². The summed E-state index contributed by atoms with van der Waals surface area (Å²) in [6, 6.07) is 5.36. The van der Waals surface area contributed by atoms with Gasteiger partial charge in [0, 0.05) is 6.54 Å². The summed E-state index contributed by atoms with van der Waals surface area (Å²) in [4.78, 5) is 26.0. The summed E-state index contributed by atoms with van der Waals surface area (Å²) >= 11 is 0. The molecule has 19 heavy (non-hydrogen) atoms. The monoisotopic (exact) mass is 260 g/mol. The molecule has 1 N–H and O–H groups in total. The second-order valence-corrected chi connectivity index (χ2v) is 4.37. The zero-order valence-corrected chi connectivity index (χ0v) is 10.5. The number of carbonyl (C=O) groups excluding carboxylic acids is 2. The van der Waals surface area contributed by atoms with Crippen molar-refractivity contribution in [2.45, 2.75) is 19.8 Å². The molecule has 0 aliphatic rings. The van der Waals surface area contributed by atoms with E-state index < -0.39 is 0 Å². The fourth-order valence-electron chi connectivity index (χ4n) is 1.83. The summed E-state index contributed by atoms with van der Waals surface area (Å²) < 4.78 is 0.716. The number of benzene rings is 1. The van der Waals surface area contributed by atoms with Gasteiger partial charge in [0.15, 0.2) is 0 Å². The van der Waals surface area contributed by atoms with Crippen molar-refractivity contribution >= 4 is 22.7 Å². The number of Topliss-reactive ketones (excluding diaryl/α,β-unsaturated/α-hetero) is 1. The molecule has 1 aromatic heterocycles. The third-order valence-corrected chi connectivity index (χ3v) is 2.72. The van der Waals surface area contributed by atoms with E-state index in [4.69, 9.17) is 0 Å². The van der Waals surface area contributed by atoms with E-state index in [0.29, 0.717) is 28.7 Å². The van der Waals surface area contributed by atoms with E-state index >= 15 is 0 Å². The zero-order chi connectivity index (χ0) is 13.8. The first-order valence-corrected chi connectivity index (χ1v) is 5.96. The predicted molar refractivity (Wildman–Crippen MR) is 70.5 cm³/mol. The van der Waals surface area contributed by atoms with Crippen molar-refractivity contribution in [1.82, 2.24) is 15.0 Å². The van der Waals surface area contributed by atoms with Gasteiger partial charge in [-0.05, 0) is 31.0 Å². The minimum Gasteiger partial charge on any atom is -0.805 e. The lowest BCUT2D eigenvalue weighted by Crippen LogP contribution is -2.27. The minimum atomic E-state index is -0.266. The summed E-state index contributed by atoms with van der Waals surface area (Å²) in [7, 11) is 0. The highest BCUT2D eigenvalue weighted by molar-refractivity contribution is 5.96. The molecule has 0 spiro atoms. The molecule has 1 aromatic carbocycles. The first kappa shape index (κ1) is 13.1. The normalized spacial score (nSPS) is 10.6. The SMILES string of the molecule is CC(=O)CC(=O)NCCc1ccc2c(c1)ncn2[O-]. The smallest absolute Gasteiger partial charge is 0.227 e. The van der Waals surface area contributed by atoms with Gasteiger partial charge in [0.2, 0.25) is 5.91 Å². The van der Waals surface area contributed by atoms with E-state index in [9.17, 15) is 14.8 Å². The first-order chi connectivity index (χ1) is 9.06. The Hall–Kier alpha value is -2.37. The molecule has 0 radical (unpaired) electrons. The summed E-state index contributed by atoms with van der Waals surface area (Å²) in [6.07, 6.45) is 1.77. The van der Waals surface area contributed by atoms with E-state index in [1.807, 2.05) is 12.1 Å². The maximum atomic E-state index is 11.3. The summed E-state index contributed by atoms with van der Waals surface area (Å²) in [6.45, 7) is 1.84. The van der Waals surface area contributed by atoms with Gasteiger partial charge in [-0.25, -0.2) is 4.98 Å². The molecule has 0 saturated carbocycles. The van der Waals surface area contributed by atoms with Gasteiger partial charge in [-0.15, -0.1) is 0 Å². The molecule has 0 atom stereocenters. The second-order valence-electron chi connectivity index (χ2n) is 4.37. The average molecular weight is 260 g/mol. The van der Waals surface area contributed by atoms with Crippen LogP contribution in [-0.4, -0.2) is 27.9 Å². The standard InChI is InChI=1S/C13H14N3O3/c1-9(17)6-13(18)14-5-4-10-2-3-12-11(7-10)15-8-16(12)19/h2-3,7-8H,4-6H2,1H3,(H,14,18)/q-1. The van der Waals surface area contributed by atoms with Crippen LogP contribution >= 0.6 is 0 Å². The van der Waals surface area contributed by atoms with Crippen LogP contribution in [0.25, 0.3) is 11.0 Å². The second kappa shape index (κ2) is 5.51. The molecular formula is C13H14N3O3-. The van der Waals surface area contributed by atoms with Crippen molar-refractivity contribution in [3.05, 3.63) is 35.3 Å². The van der Waals surface area contributed by atoms with Gasteiger partial charge < -0.3 is 15.3 Å². The molecule has 100 valence electrons. The number of carbonyl (C=O) groups is 2. The Bertz CT molecular complexity index is 619. The zero-order valence-electron chi connectivity index (χ0n) is 10.5. The third-order valence-electron chi connectivity index (χ3n) is 2.72. The lowest BCUT2D eigenvalue weighted by Gasteiger charge is -2.07. The summed E-state index contributed by atoms with van der Waals surface area (Å²) in [5, 5.41) is 13.9. The van der Waals surface area contributed by atoms with Gasteiger partial charge >= 0.3 is 0 Å². The van der Waals surface area contributed by atoms with Crippen molar-refractivity contribution in [1.29, 1.82) is 0 Å². The Morgan fingerprint density at radius 1 is 1.42 bits per heavy atom.